The molecule has 0 saturated carbocycles. The minimum atomic E-state index is -0.890. The molecule has 1 atom stereocenters. The van der Waals surface area contributed by atoms with E-state index >= 15 is 0 Å². The molecule has 1 aromatic rings. The lowest BCUT2D eigenvalue weighted by Gasteiger charge is -2.16. The van der Waals surface area contributed by atoms with Gasteiger partial charge in [0.25, 0.3) is 0 Å². The quantitative estimate of drug-likeness (QED) is 0.414. The van der Waals surface area contributed by atoms with Gasteiger partial charge in [-0.3, -0.25) is 14.2 Å². The lowest BCUT2D eigenvalue weighted by molar-refractivity contribution is 0.648. The molecule has 1 heterocycles. The average Bonchev–Trinajstić information content (AvgIpc) is 2.38. The van der Waals surface area contributed by atoms with Gasteiger partial charge in [0, 0.05) is 46.2 Å². The Kier molecular flexibility index (Phi) is 9.76. The highest BCUT2D eigenvalue weighted by atomic mass is 127. The molecule has 0 aliphatic rings. The molecule has 0 radical (unpaired) electrons. The number of hydrogen-bond donors (Lipinski definition) is 2. The summed E-state index contributed by atoms with van der Waals surface area (Å²) in [4.78, 5) is 8.41. The first-order valence-corrected chi connectivity index (χ1v) is 8.03. The molecule has 3 N–H and O–H groups in total. The second kappa shape index (κ2) is 10.1. The van der Waals surface area contributed by atoms with Gasteiger partial charge in [0.15, 0.2) is 5.96 Å². The lowest BCUT2D eigenvalue weighted by atomic mass is 10.3. The molecule has 0 saturated heterocycles. The van der Waals surface area contributed by atoms with Gasteiger partial charge in [0.1, 0.15) is 0 Å². The molecule has 1 aromatic heterocycles. The summed E-state index contributed by atoms with van der Waals surface area (Å²) in [5.41, 5.74) is 6.77. The van der Waals surface area contributed by atoms with E-state index in [-0.39, 0.29) is 28.7 Å². The van der Waals surface area contributed by atoms with Crippen LogP contribution in [0, 0.1) is 0 Å². The van der Waals surface area contributed by atoms with E-state index in [2.05, 4.69) is 15.3 Å². The van der Waals surface area contributed by atoms with Gasteiger partial charge in [-0.15, -0.1) is 24.0 Å². The summed E-state index contributed by atoms with van der Waals surface area (Å²) < 4.78 is 11.6. The van der Waals surface area contributed by atoms with E-state index in [4.69, 9.17) is 5.73 Å². The highest BCUT2D eigenvalue weighted by Crippen LogP contribution is 2.10. The highest BCUT2D eigenvalue weighted by Gasteiger charge is 2.18. The minimum absolute atomic E-state index is 0. The molecular weight excluding hydrogens is 399 g/mol. The van der Waals surface area contributed by atoms with Crippen LogP contribution in [0.2, 0.25) is 0 Å². The van der Waals surface area contributed by atoms with E-state index in [9.17, 15) is 4.21 Å². The molecule has 1 rings (SSSR count). The zero-order chi connectivity index (χ0) is 15.0. The predicted molar refractivity (Wildman–Crippen MR) is 101 cm³/mol. The van der Waals surface area contributed by atoms with Crippen molar-refractivity contribution in [2.45, 2.75) is 31.9 Å². The Morgan fingerprint density at radius 1 is 1.43 bits per heavy atom. The maximum atomic E-state index is 11.8. The van der Waals surface area contributed by atoms with E-state index in [1.54, 1.807) is 6.20 Å². The Morgan fingerprint density at radius 2 is 2.14 bits per heavy atom. The molecule has 0 aliphatic carbocycles. The first kappa shape index (κ1) is 20.3. The van der Waals surface area contributed by atoms with E-state index in [0.717, 1.165) is 12.1 Å². The van der Waals surface area contributed by atoms with Gasteiger partial charge in [0.2, 0.25) is 0 Å². The van der Waals surface area contributed by atoms with Crippen LogP contribution in [-0.2, 0) is 17.2 Å². The Bertz CT molecular complexity index is 460. The number of nitrogens with zero attached hydrogens (tertiary/aromatic N) is 2. The molecule has 0 amide bonds. The first-order chi connectivity index (χ1) is 9.39. The predicted octanol–water partition coefficient (Wildman–Crippen LogP) is 1.69. The molecular formula is C14H25IN4OS. The van der Waals surface area contributed by atoms with E-state index in [1.165, 1.54) is 0 Å². The Hall–Kier alpha value is -0.700. The maximum absolute atomic E-state index is 11.8. The maximum Gasteiger partial charge on any atom is 0.188 e. The second-order valence-electron chi connectivity index (χ2n) is 5.43. The van der Waals surface area contributed by atoms with Gasteiger partial charge in [0.05, 0.1) is 6.54 Å². The van der Waals surface area contributed by atoms with Crippen molar-refractivity contribution in [1.82, 2.24) is 10.3 Å². The number of aliphatic imine (C=N–C) groups is 1. The molecule has 1 unspecified atom stereocenters. The number of nitrogens with one attached hydrogen (secondary N) is 1. The van der Waals surface area contributed by atoms with Crippen LogP contribution in [0.4, 0.5) is 0 Å². The SMILES string of the molecule is CC(C)(C)S(=O)CCN=C(N)NCCc1ccccn1.I. The fourth-order valence-corrected chi connectivity index (χ4v) is 2.35. The number of nitrogens with two attached hydrogens (primary N) is 1. The fourth-order valence-electron chi connectivity index (χ4n) is 1.48. The largest absolute Gasteiger partial charge is 0.370 e. The van der Waals surface area contributed by atoms with Gasteiger partial charge in [-0.2, -0.15) is 0 Å². The standard InChI is InChI=1S/C14H24N4OS.HI/c1-14(2,3)20(19)11-10-18-13(15)17-9-7-12-6-4-5-8-16-12;/h4-6,8H,7,9-11H2,1-3H3,(H3,15,17,18);1H. The van der Waals surface area contributed by atoms with Crippen LogP contribution in [0.3, 0.4) is 0 Å². The summed E-state index contributed by atoms with van der Waals surface area (Å²) in [6.45, 7) is 7.05. The van der Waals surface area contributed by atoms with Crippen LogP contribution in [0.5, 0.6) is 0 Å². The van der Waals surface area contributed by atoms with Crippen molar-refractivity contribution in [3.8, 4) is 0 Å². The van der Waals surface area contributed by atoms with Crippen LogP contribution in [0.1, 0.15) is 26.5 Å². The monoisotopic (exact) mass is 424 g/mol. The normalized spacial score (nSPS) is 13.4. The van der Waals surface area contributed by atoms with E-state index in [0.29, 0.717) is 24.8 Å². The second-order valence-corrected chi connectivity index (χ2v) is 7.75. The molecule has 120 valence electrons. The molecule has 7 heteroatoms. The first-order valence-electron chi connectivity index (χ1n) is 6.72. The Labute approximate surface area is 146 Å². The van der Waals surface area contributed by atoms with Crippen molar-refractivity contribution >= 4 is 40.7 Å². The van der Waals surface area contributed by atoms with Crippen molar-refractivity contribution in [2.75, 3.05) is 18.8 Å². The minimum Gasteiger partial charge on any atom is -0.370 e. The molecule has 0 bridgehead atoms. The molecule has 0 spiro atoms. The summed E-state index contributed by atoms with van der Waals surface area (Å²) in [7, 11) is -0.890. The zero-order valence-corrected chi connectivity index (χ0v) is 16.0. The Morgan fingerprint density at radius 3 is 2.71 bits per heavy atom. The van der Waals surface area contributed by atoms with Crippen molar-refractivity contribution in [1.29, 1.82) is 0 Å². The molecule has 0 aromatic carbocycles. The van der Waals surface area contributed by atoms with Gasteiger partial charge in [-0.05, 0) is 32.9 Å². The van der Waals surface area contributed by atoms with E-state index in [1.807, 2.05) is 39.0 Å². The number of rotatable bonds is 6. The number of halogens is 1. The average molecular weight is 424 g/mol. The van der Waals surface area contributed by atoms with Crippen LogP contribution in [0.25, 0.3) is 0 Å². The number of pyridine rings is 1. The number of hydrogen-bond acceptors (Lipinski definition) is 3. The van der Waals surface area contributed by atoms with Gasteiger partial charge in [-0.1, -0.05) is 6.07 Å². The van der Waals surface area contributed by atoms with Crippen LogP contribution >= 0.6 is 24.0 Å². The summed E-state index contributed by atoms with van der Waals surface area (Å²) in [6, 6.07) is 5.82. The summed E-state index contributed by atoms with van der Waals surface area (Å²) in [5.74, 6) is 0.929. The Balaban J connectivity index is 0.00000400. The fraction of sp³-hybridized carbons (Fsp3) is 0.571. The molecule has 21 heavy (non-hydrogen) atoms. The number of guanidine groups is 1. The van der Waals surface area contributed by atoms with Gasteiger partial charge >= 0.3 is 0 Å². The molecule has 0 fully saturated rings. The number of aromatic nitrogens is 1. The third-order valence-corrected chi connectivity index (χ3v) is 4.57. The van der Waals surface area contributed by atoms with Gasteiger partial charge < -0.3 is 11.1 Å². The van der Waals surface area contributed by atoms with Crippen LogP contribution < -0.4 is 11.1 Å². The summed E-state index contributed by atoms with van der Waals surface area (Å²) in [6.07, 6.45) is 2.57. The van der Waals surface area contributed by atoms with Crippen LogP contribution in [-0.4, -0.2) is 38.7 Å². The topological polar surface area (TPSA) is 80.4 Å². The lowest BCUT2D eigenvalue weighted by Crippen LogP contribution is -2.34. The van der Waals surface area contributed by atoms with Crippen LogP contribution in [0.15, 0.2) is 29.4 Å². The molecule has 0 aliphatic heterocycles. The smallest absolute Gasteiger partial charge is 0.188 e. The molecule has 5 nitrogen and oxygen atoms in total. The van der Waals surface area contributed by atoms with Crippen molar-refractivity contribution in [3.63, 3.8) is 0 Å². The highest BCUT2D eigenvalue weighted by molar-refractivity contribution is 14.0. The summed E-state index contributed by atoms with van der Waals surface area (Å²) >= 11 is 0. The van der Waals surface area contributed by atoms with E-state index < -0.39 is 10.8 Å². The van der Waals surface area contributed by atoms with Crippen molar-refractivity contribution < 1.29 is 4.21 Å². The van der Waals surface area contributed by atoms with Crippen molar-refractivity contribution in [3.05, 3.63) is 30.1 Å². The van der Waals surface area contributed by atoms with Gasteiger partial charge in [-0.25, -0.2) is 0 Å². The van der Waals surface area contributed by atoms with Crippen molar-refractivity contribution in [2.24, 2.45) is 10.7 Å². The zero-order valence-electron chi connectivity index (χ0n) is 12.8. The third kappa shape index (κ3) is 9.02. The third-order valence-electron chi connectivity index (χ3n) is 2.66. The summed E-state index contributed by atoms with van der Waals surface area (Å²) in [5, 5.41) is 3.03.